The molecule has 3 aromatic heterocycles. The number of nitrogens with zero attached hydrogens (tertiary/aromatic N) is 5. The Morgan fingerprint density at radius 2 is 1.82 bits per heavy atom. The van der Waals surface area contributed by atoms with E-state index in [9.17, 15) is 13.2 Å². The zero-order valence-corrected chi connectivity index (χ0v) is 20.1. The van der Waals surface area contributed by atoms with Gasteiger partial charge in [-0.2, -0.15) is 13.2 Å². The summed E-state index contributed by atoms with van der Waals surface area (Å²) in [4.78, 5) is 10.9. The predicted octanol–water partition coefficient (Wildman–Crippen LogP) is 6.24. The third kappa shape index (κ3) is 3.98. The first-order chi connectivity index (χ1) is 16.2. The Kier molecular flexibility index (Phi) is 5.67. The van der Waals surface area contributed by atoms with Gasteiger partial charge < -0.3 is 0 Å². The Labute approximate surface area is 197 Å². The molecular weight excluding hydrogens is 439 g/mol. The molecule has 0 atom stereocenters. The number of rotatable bonds is 7. The van der Waals surface area contributed by atoms with Crippen molar-refractivity contribution in [3.05, 3.63) is 58.5 Å². The molecule has 3 heterocycles. The number of hydrogen-bond donors (Lipinski definition) is 0. The molecule has 0 N–H and O–H groups in total. The average molecular weight is 470 g/mol. The molecule has 4 aromatic rings. The predicted molar refractivity (Wildman–Crippen MR) is 127 cm³/mol. The van der Waals surface area contributed by atoms with Gasteiger partial charge in [-0.05, 0) is 69.5 Å². The van der Waals surface area contributed by atoms with Crippen molar-refractivity contribution < 1.29 is 13.2 Å². The molecule has 1 aliphatic carbocycles. The largest absolute Gasteiger partial charge is 0.435 e. The Hall–Kier alpha value is -2.87. The minimum absolute atomic E-state index is 0.180. The molecule has 1 fully saturated rings. The van der Waals surface area contributed by atoms with Gasteiger partial charge in [-0.3, -0.25) is 13.9 Å². The SMILES string of the molecule is CCN(CCC1CC1)Cc1c(C(F)(F)F)nc2n(-c3c(C)cc(C)cc3C)c3ncccc3n12. The molecule has 1 aliphatic rings. The molecule has 0 spiro atoms. The zero-order valence-electron chi connectivity index (χ0n) is 20.1. The summed E-state index contributed by atoms with van der Waals surface area (Å²) >= 11 is 0. The Morgan fingerprint density at radius 3 is 2.44 bits per heavy atom. The molecule has 1 aromatic carbocycles. The highest BCUT2D eigenvalue weighted by molar-refractivity contribution is 5.81. The normalized spacial score (nSPS) is 14.7. The number of hydrogen-bond acceptors (Lipinski definition) is 3. The lowest BCUT2D eigenvalue weighted by atomic mass is 10.1. The maximum Gasteiger partial charge on any atom is 0.435 e. The summed E-state index contributed by atoms with van der Waals surface area (Å²) in [5, 5.41) is 0. The highest BCUT2D eigenvalue weighted by atomic mass is 19.4. The molecule has 180 valence electrons. The standard InChI is InChI=1S/C26H30F3N5/c1-5-32(12-10-19-8-9-19)15-21-23(26(27,28)29)31-25-33(21)20-7-6-11-30-24(20)34(25)22-17(3)13-16(2)14-18(22)4/h6-7,11,13-14,19H,5,8-10,12,15H2,1-4H3. The summed E-state index contributed by atoms with van der Waals surface area (Å²) in [6.45, 7) is 9.64. The van der Waals surface area contributed by atoms with Crippen molar-refractivity contribution in [2.75, 3.05) is 13.1 Å². The van der Waals surface area contributed by atoms with Gasteiger partial charge in [0.05, 0.1) is 16.9 Å². The van der Waals surface area contributed by atoms with Crippen molar-refractivity contribution >= 4 is 16.9 Å². The highest BCUT2D eigenvalue weighted by Gasteiger charge is 2.40. The van der Waals surface area contributed by atoms with Gasteiger partial charge in [0, 0.05) is 12.7 Å². The van der Waals surface area contributed by atoms with Gasteiger partial charge in [0.25, 0.3) is 0 Å². The smallest absolute Gasteiger partial charge is 0.298 e. The first-order valence-electron chi connectivity index (χ1n) is 11.9. The van der Waals surface area contributed by atoms with Crippen molar-refractivity contribution in [1.82, 2.24) is 23.8 Å². The van der Waals surface area contributed by atoms with Crippen LogP contribution in [-0.2, 0) is 12.7 Å². The molecule has 34 heavy (non-hydrogen) atoms. The number of imidazole rings is 2. The molecule has 8 heteroatoms. The molecule has 0 saturated heterocycles. The fourth-order valence-corrected chi connectivity index (χ4v) is 5.11. The van der Waals surface area contributed by atoms with Crippen LogP contribution in [0, 0.1) is 26.7 Å². The van der Waals surface area contributed by atoms with Crippen molar-refractivity contribution in [3.8, 4) is 5.69 Å². The minimum Gasteiger partial charge on any atom is -0.298 e. The quantitative estimate of drug-likeness (QED) is 0.322. The van der Waals surface area contributed by atoms with Crippen LogP contribution in [0.1, 0.15) is 54.3 Å². The van der Waals surface area contributed by atoms with E-state index >= 15 is 0 Å². The third-order valence-electron chi connectivity index (χ3n) is 6.87. The second kappa shape index (κ2) is 8.41. The van der Waals surface area contributed by atoms with Gasteiger partial charge in [-0.15, -0.1) is 0 Å². The van der Waals surface area contributed by atoms with Crippen LogP contribution in [0.2, 0.25) is 0 Å². The summed E-state index contributed by atoms with van der Waals surface area (Å²) in [6.07, 6.45) is 0.624. The van der Waals surface area contributed by atoms with Crippen LogP contribution in [-0.4, -0.2) is 36.9 Å². The van der Waals surface area contributed by atoms with E-state index in [4.69, 9.17) is 0 Å². The number of benzene rings is 1. The zero-order chi connectivity index (χ0) is 24.2. The minimum atomic E-state index is -4.55. The molecule has 0 radical (unpaired) electrons. The van der Waals surface area contributed by atoms with E-state index in [-0.39, 0.29) is 18.0 Å². The molecule has 5 nitrogen and oxygen atoms in total. The number of alkyl halides is 3. The molecule has 0 aliphatic heterocycles. The summed E-state index contributed by atoms with van der Waals surface area (Å²) in [5.41, 5.74) is 4.49. The molecule has 5 rings (SSSR count). The van der Waals surface area contributed by atoms with E-state index in [0.29, 0.717) is 17.7 Å². The van der Waals surface area contributed by atoms with Crippen LogP contribution in [0.3, 0.4) is 0 Å². The first kappa shape index (κ1) is 22.9. The maximum absolute atomic E-state index is 14.3. The maximum atomic E-state index is 14.3. The second-order valence-electron chi connectivity index (χ2n) is 9.57. The fraction of sp³-hybridized carbons (Fsp3) is 0.462. The van der Waals surface area contributed by atoms with Crippen molar-refractivity contribution in [2.24, 2.45) is 5.92 Å². The van der Waals surface area contributed by atoms with Gasteiger partial charge in [0.2, 0.25) is 5.78 Å². The number of aryl methyl sites for hydroxylation is 3. The van der Waals surface area contributed by atoms with E-state index in [1.165, 1.54) is 12.8 Å². The van der Waals surface area contributed by atoms with Crippen LogP contribution < -0.4 is 0 Å². The Morgan fingerprint density at radius 1 is 1.12 bits per heavy atom. The number of halogens is 3. The van der Waals surface area contributed by atoms with Crippen molar-refractivity contribution in [3.63, 3.8) is 0 Å². The summed E-state index contributed by atoms with van der Waals surface area (Å²) in [7, 11) is 0. The Bertz CT molecular complexity index is 1340. The highest BCUT2D eigenvalue weighted by Crippen LogP contribution is 2.37. The van der Waals surface area contributed by atoms with E-state index in [0.717, 1.165) is 41.3 Å². The van der Waals surface area contributed by atoms with E-state index < -0.39 is 11.9 Å². The lowest BCUT2D eigenvalue weighted by Crippen LogP contribution is -2.26. The van der Waals surface area contributed by atoms with Crippen LogP contribution in [0.25, 0.3) is 22.6 Å². The van der Waals surface area contributed by atoms with Gasteiger partial charge in [0.1, 0.15) is 0 Å². The lowest BCUT2D eigenvalue weighted by molar-refractivity contribution is -0.141. The molecular formula is C26H30F3N5. The fourth-order valence-electron chi connectivity index (χ4n) is 5.11. The summed E-state index contributed by atoms with van der Waals surface area (Å²) in [5.74, 6) is 0.976. The molecule has 1 saturated carbocycles. The molecule has 0 bridgehead atoms. The van der Waals surface area contributed by atoms with E-state index in [1.807, 2.05) is 45.9 Å². The lowest BCUT2D eigenvalue weighted by Gasteiger charge is -2.21. The van der Waals surface area contributed by atoms with Gasteiger partial charge in [0.15, 0.2) is 11.3 Å². The second-order valence-corrected chi connectivity index (χ2v) is 9.57. The van der Waals surface area contributed by atoms with Crippen LogP contribution in [0.5, 0.6) is 0 Å². The summed E-state index contributed by atoms with van der Waals surface area (Å²) in [6, 6.07) is 7.68. The van der Waals surface area contributed by atoms with Gasteiger partial charge >= 0.3 is 6.18 Å². The van der Waals surface area contributed by atoms with Gasteiger partial charge in [-0.1, -0.05) is 37.5 Å². The van der Waals surface area contributed by atoms with Crippen LogP contribution in [0.4, 0.5) is 13.2 Å². The van der Waals surface area contributed by atoms with Crippen LogP contribution >= 0.6 is 0 Å². The average Bonchev–Trinajstić information content (AvgIpc) is 3.44. The number of aromatic nitrogens is 4. The topological polar surface area (TPSA) is 38.4 Å². The monoisotopic (exact) mass is 469 g/mol. The van der Waals surface area contributed by atoms with Crippen LogP contribution in [0.15, 0.2) is 30.5 Å². The summed E-state index contributed by atoms with van der Waals surface area (Å²) < 4.78 is 46.3. The Balaban J connectivity index is 1.76. The first-order valence-corrected chi connectivity index (χ1v) is 11.9. The number of fused-ring (bicyclic) bond motifs is 3. The van der Waals surface area contributed by atoms with Gasteiger partial charge in [-0.25, -0.2) is 9.97 Å². The van der Waals surface area contributed by atoms with Crippen molar-refractivity contribution in [2.45, 2.75) is 59.7 Å². The van der Waals surface area contributed by atoms with E-state index in [2.05, 4.69) is 14.9 Å². The third-order valence-corrected chi connectivity index (χ3v) is 6.87. The molecule has 0 amide bonds. The number of pyridine rings is 1. The molecule has 0 unspecified atom stereocenters. The van der Waals surface area contributed by atoms with E-state index in [1.54, 1.807) is 21.2 Å². The van der Waals surface area contributed by atoms with Crippen molar-refractivity contribution in [1.29, 1.82) is 0 Å².